The molecule has 2 aromatic rings. The zero-order valence-electron chi connectivity index (χ0n) is 15.4. The Hall–Kier alpha value is -3.19. The minimum absolute atomic E-state index is 0.184. The third-order valence-corrected chi connectivity index (χ3v) is 4.69. The highest BCUT2D eigenvalue weighted by molar-refractivity contribution is 6.37. The summed E-state index contributed by atoms with van der Waals surface area (Å²) in [5, 5.41) is 18.4. The van der Waals surface area contributed by atoms with Gasteiger partial charge in [-0.3, -0.25) is 14.6 Å². The Morgan fingerprint density at radius 2 is 1.96 bits per heavy atom. The molecule has 8 heteroatoms. The number of aliphatic carboxylic acids is 1. The maximum atomic E-state index is 13.1. The van der Waals surface area contributed by atoms with Gasteiger partial charge in [0.15, 0.2) is 0 Å². The number of halogens is 1. The molecule has 3 rings (SSSR count). The molecule has 7 nitrogen and oxygen atoms in total. The number of allylic oxidation sites excluding steroid dienone is 1. The molecule has 1 aromatic carbocycles. The normalized spacial score (nSPS) is 16.6. The number of carboxylic acids is 1. The number of carboxylic acid groups (broad SMARTS) is 1. The molecule has 0 saturated heterocycles. The van der Waals surface area contributed by atoms with Crippen LogP contribution in [0.3, 0.4) is 0 Å². The van der Waals surface area contributed by atoms with Crippen molar-refractivity contribution in [2.24, 2.45) is 11.0 Å². The molecule has 1 atom stereocenters. The molecule has 144 valence electrons. The molecule has 0 spiro atoms. The second-order valence-corrected chi connectivity index (χ2v) is 6.70. The number of nitrogens with zero attached hydrogens (tertiary/aromatic N) is 3. The van der Waals surface area contributed by atoms with Crippen LogP contribution in [0.15, 0.2) is 65.0 Å². The highest BCUT2D eigenvalue weighted by atomic mass is 35.5. The zero-order valence-corrected chi connectivity index (χ0v) is 16.1. The monoisotopic (exact) mass is 398 g/mol. The van der Waals surface area contributed by atoms with Gasteiger partial charge in [0.2, 0.25) is 0 Å². The largest absolute Gasteiger partial charge is 0.481 e. The number of pyridine rings is 1. The van der Waals surface area contributed by atoms with Crippen LogP contribution >= 0.6 is 11.6 Å². The van der Waals surface area contributed by atoms with E-state index in [2.05, 4.69) is 15.4 Å². The van der Waals surface area contributed by atoms with Gasteiger partial charge in [0, 0.05) is 11.9 Å². The number of nitrogens with one attached hydrogen (secondary N) is 1. The summed E-state index contributed by atoms with van der Waals surface area (Å²) in [5.74, 6) is -2.46. The average molecular weight is 399 g/mol. The van der Waals surface area contributed by atoms with Crippen LogP contribution in [0.25, 0.3) is 0 Å². The van der Waals surface area contributed by atoms with Gasteiger partial charge in [-0.25, -0.2) is 0 Å². The van der Waals surface area contributed by atoms with Gasteiger partial charge in [0.25, 0.3) is 5.91 Å². The van der Waals surface area contributed by atoms with Crippen molar-refractivity contribution in [1.82, 2.24) is 10.3 Å². The third kappa shape index (κ3) is 3.89. The topological polar surface area (TPSA) is 94.9 Å². The van der Waals surface area contributed by atoms with Crippen molar-refractivity contribution in [3.05, 3.63) is 70.6 Å². The van der Waals surface area contributed by atoms with Crippen molar-refractivity contribution in [3.63, 3.8) is 0 Å². The quantitative estimate of drug-likeness (QED) is 0.728. The van der Waals surface area contributed by atoms with Gasteiger partial charge in [-0.2, -0.15) is 10.1 Å². The molecular weight excluding hydrogens is 380 g/mol. The number of hydrogen-bond donors (Lipinski definition) is 2. The zero-order chi connectivity index (χ0) is 20.3. The number of amides is 1. The van der Waals surface area contributed by atoms with Gasteiger partial charge in [0.1, 0.15) is 0 Å². The molecule has 1 amide bonds. The predicted molar refractivity (Wildman–Crippen MR) is 107 cm³/mol. The Balaban J connectivity index is 1.98. The van der Waals surface area contributed by atoms with E-state index in [0.717, 1.165) is 10.7 Å². The number of aromatic nitrogens is 1. The van der Waals surface area contributed by atoms with E-state index in [1.165, 1.54) is 6.92 Å². The standard InChI is InChI=1S/C20H19ClN4O3/c1-12(20(27)28)18-17(13(2)23-11-14-7-5-6-10-22-14)19(26)25(24-18)16-9-4-3-8-15(16)21/h3-10,12,23H,11H2,1-2H3,(H,27,28)/b17-13+. The third-order valence-electron chi connectivity index (χ3n) is 4.37. The van der Waals surface area contributed by atoms with Gasteiger partial charge in [-0.1, -0.05) is 29.8 Å². The summed E-state index contributed by atoms with van der Waals surface area (Å²) < 4.78 is 0. The first-order valence-corrected chi connectivity index (χ1v) is 9.03. The first-order chi connectivity index (χ1) is 13.4. The fraction of sp³-hybridized carbons (Fsp3) is 0.200. The van der Waals surface area contributed by atoms with Crippen LogP contribution in [0.5, 0.6) is 0 Å². The Morgan fingerprint density at radius 3 is 2.61 bits per heavy atom. The highest BCUT2D eigenvalue weighted by Gasteiger charge is 2.38. The summed E-state index contributed by atoms with van der Waals surface area (Å²) in [7, 11) is 0. The summed E-state index contributed by atoms with van der Waals surface area (Å²) in [6.45, 7) is 3.61. The summed E-state index contributed by atoms with van der Waals surface area (Å²) >= 11 is 6.21. The maximum absolute atomic E-state index is 13.1. The molecule has 1 aliphatic heterocycles. The fourth-order valence-corrected chi connectivity index (χ4v) is 3.01. The average Bonchev–Trinajstić information content (AvgIpc) is 3.03. The first kappa shape index (κ1) is 19.6. The van der Waals surface area contributed by atoms with Crippen LogP contribution in [-0.2, 0) is 16.1 Å². The number of para-hydroxylation sites is 1. The van der Waals surface area contributed by atoms with Crippen LogP contribution in [-0.4, -0.2) is 27.7 Å². The molecular formula is C20H19ClN4O3. The molecule has 0 aliphatic carbocycles. The van der Waals surface area contributed by atoms with Gasteiger partial charge in [-0.05, 0) is 38.1 Å². The second kappa shape index (κ2) is 8.22. The van der Waals surface area contributed by atoms with E-state index < -0.39 is 17.8 Å². The number of carbonyl (C=O) groups excluding carboxylic acids is 1. The molecule has 1 aromatic heterocycles. The molecule has 1 aliphatic rings. The molecule has 1 unspecified atom stereocenters. The summed E-state index contributed by atoms with van der Waals surface area (Å²) in [6.07, 6.45) is 1.68. The summed E-state index contributed by atoms with van der Waals surface area (Å²) in [6, 6.07) is 12.3. The SMILES string of the molecule is C/C(NCc1ccccn1)=C1\C(=O)N(c2ccccc2Cl)N=C1C(C)C(=O)O. The first-order valence-electron chi connectivity index (χ1n) is 8.65. The number of benzene rings is 1. The van der Waals surface area contributed by atoms with E-state index >= 15 is 0 Å². The van der Waals surface area contributed by atoms with E-state index in [1.807, 2.05) is 18.2 Å². The van der Waals surface area contributed by atoms with E-state index in [1.54, 1.807) is 37.4 Å². The minimum Gasteiger partial charge on any atom is -0.481 e. The van der Waals surface area contributed by atoms with E-state index in [-0.39, 0.29) is 11.3 Å². The summed E-state index contributed by atoms with van der Waals surface area (Å²) in [4.78, 5) is 28.9. The van der Waals surface area contributed by atoms with Crippen molar-refractivity contribution in [2.75, 3.05) is 5.01 Å². The number of carbonyl (C=O) groups is 2. The lowest BCUT2D eigenvalue weighted by Gasteiger charge is -2.14. The van der Waals surface area contributed by atoms with Crippen LogP contribution in [0, 0.1) is 5.92 Å². The van der Waals surface area contributed by atoms with Crippen LogP contribution < -0.4 is 10.3 Å². The second-order valence-electron chi connectivity index (χ2n) is 6.29. The molecule has 28 heavy (non-hydrogen) atoms. The molecule has 2 N–H and O–H groups in total. The Labute approximate surface area is 167 Å². The number of rotatable bonds is 6. The van der Waals surface area contributed by atoms with Gasteiger partial charge in [0.05, 0.1) is 40.2 Å². The number of hydrazone groups is 1. The molecule has 0 bridgehead atoms. The molecule has 2 heterocycles. The Kier molecular flexibility index (Phi) is 5.75. The van der Waals surface area contributed by atoms with Crippen molar-refractivity contribution in [2.45, 2.75) is 20.4 Å². The van der Waals surface area contributed by atoms with Gasteiger partial charge < -0.3 is 10.4 Å². The lowest BCUT2D eigenvalue weighted by molar-refractivity contribution is -0.138. The van der Waals surface area contributed by atoms with Crippen molar-refractivity contribution in [3.8, 4) is 0 Å². The van der Waals surface area contributed by atoms with E-state index in [0.29, 0.717) is 23.0 Å². The lowest BCUT2D eigenvalue weighted by atomic mass is 9.97. The van der Waals surface area contributed by atoms with Crippen LogP contribution in [0.2, 0.25) is 5.02 Å². The Morgan fingerprint density at radius 1 is 1.25 bits per heavy atom. The van der Waals surface area contributed by atoms with Gasteiger partial charge in [-0.15, -0.1) is 0 Å². The lowest BCUT2D eigenvalue weighted by Crippen LogP contribution is -2.28. The maximum Gasteiger partial charge on any atom is 0.312 e. The van der Waals surface area contributed by atoms with Crippen molar-refractivity contribution in [1.29, 1.82) is 0 Å². The predicted octanol–water partition coefficient (Wildman–Crippen LogP) is 3.22. The molecule has 0 radical (unpaired) electrons. The van der Waals surface area contributed by atoms with Crippen molar-refractivity contribution >= 4 is 34.9 Å². The Bertz CT molecular complexity index is 972. The van der Waals surface area contributed by atoms with Crippen LogP contribution in [0.4, 0.5) is 5.69 Å². The smallest absolute Gasteiger partial charge is 0.312 e. The van der Waals surface area contributed by atoms with E-state index in [4.69, 9.17) is 11.6 Å². The number of hydrogen-bond acceptors (Lipinski definition) is 5. The minimum atomic E-state index is -1.07. The van der Waals surface area contributed by atoms with E-state index in [9.17, 15) is 14.7 Å². The highest BCUT2D eigenvalue weighted by Crippen LogP contribution is 2.32. The fourth-order valence-electron chi connectivity index (χ4n) is 2.79. The molecule has 0 fully saturated rings. The number of anilines is 1. The van der Waals surface area contributed by atoms with Crippen molar-refractivity contribution < 1.29 is 14.7 Å². The van der Waals surface area contributed by atoms with Gasteiger partial charge >= 0.3 is 5.97 Å². The molecule has 0 saturated carbocycles. The van der Waals surface area contributed by atoms with Crippen LogP contribution in [0.1, 0.15) is 19.5 Å². The summed E-state index contributed by atoms with van der Waals surface area (Å²) in [5.41, 5.74) is 2.13.